The summed E-state index contributed by atoms with van der Waals surface area (Å²) in [4.78, 5) is 14.8. The lowest BCUT2D eigenvalue weighted by Crippen LogP contribution is -2.50. The van der Waals surface area contributed by atoms with Gasteiger partial charge in [0, 0.05) is 12.6 Å². The lowest BCUT2D eigenvalue weighted by Gasteiger charge is -2.31. The number of amides is 2. The van der Waals surface area contributed by atoms with Gasteiger partial charge in [-0.15, -0.1) is 0 Å². The molecule has 0 radical (unpaired) electrons. The van der Waals surface area contributed by atoms with Gasteiger partial charge in [-0.1, -0.05) is 19.9 Å². The molecule has 1 fully saturated rings. The monoisotopic (exact) mass is 347 g/mol. The number of likely N-dealkylation sites (tertiary alicyclic amines) is 1. The maximum atomic E-state index is 12.5. The highest BCUT2D eigenvalue weighted by molar-refractivity contribution is 5.75. The predicted octanol–water partition coefficient (Wildman–Crippen LogP) is 2.55. The lowest BCUT2D eigenvalue weighted by atomic mass is 9.95. The summed E-state index contributed by atoms with van der Waals surface area (Å²) in [5.74, 6) is 1.79. The first-order valence-corrected chi connectivity index (χ1v) is 9.18. The summed E-state index contributed by atoms with van der Waals surface area (Å²) in [5.41, 5.74) is 1.04. The molecule has 2 atom stereocenters. The van der Waals surface area contributed by atoms with Gasteiger partial charge in [0.25, 0.3) is 0 Å². The third-order valence-corrected chi connectivity index (χ3v) is 4.84. The van der Waals surface area contributed by atoms with E-state index in [0.717, 1.165) is 43.0 Å². The molecule has 0 bridgehead atoms. The quantitative estimate of drug-likeness (QED) is 0.879. The molecule has 2 aliphatic rings. The fraction of sp³-hybridized carbons (Fsp3) is 0.632. The summed E-state index contributed by atoms with van der Waals surface area (Å²) in [5, 5.41) is 6.26. The Morgan fingerprint density at radius 1 is 1.24 bits per heavy atom. The Bertz CT molecular complexity index is 606. The SMILES string of the molecule is CC(C)C(NC(=O)NC1CCCN(C)C1)c1ccc2c(c1)OCCO2. The average molecular weight is 347 g/mol. The fourth-order valence-electron chi connectivity index (χ4n) is 3.54. The number of hydrogen-bond donors (Lipinski definition) is 2. The van der Waals surface area contributed by atoms with E-state index in [2.05, 4.69) is 36.4 Å². The van der Waals surface area contributed by atoms with Gasteiger partial charge in [-0.3, -0.25) is 0 Å². The topological polar surface area (TPSA) is 62.8 Å². The Balaban J connectivity index is 1.65. The summed E-state index contributed by atoms with van der Waals surface area (Å²) in [6.45, 7) is 7.37. The minimum absolute atomic E-state index is 0.0721. The van der Waals surface area contributed by atoms with Crippen molar-refractivity contribution in [1.82, 2.24) is 15.5 Å². The van der Waals surface area contributed by atoms with Crippen LogP contribution in [0.4, 0.5) is 4.79 Å². The molecule has 0 spiro atoms. The molecule has 1 saturated heterocycles. The highest BCUT2D eigenvalue weighted by Gasteiger charge is 2.24. The molecule has 2 N–H and O–H groups in total. The second-order valence-electron chi connectivity index (χ2n) is 7.34. The number of nitrogens with zero attached hydrogens (tertiary/aromatic N) is 1. The molecular weight excluding hydrogens is 318 g/mol. The molecule has 0 saturated carbocycles. The first-order chi connectivity index (χ1) is 12.0. The summed E-state index contributed by atoms with van der Waals surface area (Å²) in [6, 6.07) is 5.95. The number of rotatable bonds is 4. The maximum absolute atomic E-state index is 12.5. The van der Waals surface area contributed by atoms with Crippen molar-refractivity contribution in [2.24, 2.45) is 5.92 Å². The molecule has 3 rings (SSSR count). The number of urea groups is 1. The molecule has 2 aliphatic heterocycles. The summed E-state index contributed by atoms with van der Waals surface area (Å²) >= 11 is 0. The van der Waals surface area contributed by atoms with Crippen LogP contribution in [0, 0.1) is 5.92 Å². The van der Waals surface area contributed by atoms with Crippen molar-refractivity contribution in [1.29, 1.82) is 0 Å². The number of carbonyl (C=O) groups is 1. The van der Waals surface area contributed by atoms with E-state index in [-0.39, 0.29) is 24.0 Å². The van der Waals surface area contributed by atoms with Gasteiger partial charge in [-0.25, -0.2) is 4.79 Å². The van der Waals surface area contributed by atoms with Crippen molar-refractivity contribution < 1.29 is 14.3 Å². The second kappa shape index (κ2) is 7.95. The molecule has 1 aromatic carbocycles. The molecule has 2 unspecified atom stereocenters. The molecule has 0 aliphatic carbocycles. The van der Waals surface area contributed by atoms with Gasteiger partial charge >= 0.3 is 6.03 Å². The Hall–Kier alpha value is -1.95. The first-order valence-electron chi connectivity index (χ1n) is 9.18. The normalized spacial score (nSPS) is 21.7. The van der Waals surface area contributed by atoms with Crippen LogP contribution in [0.3, 0.4) is 0 Å². The Labute approximate surface area is 149 Å². The lowest BCUT2D eigenvalue weighted by molar-refractivity contribution is 0.171. The molecule has 6 heteroatoms. The zero-order chi connectivity index (χ0) is 17.8. The molecule has 0 aromatic heterocycles. The van der Waals surface area contributed by atoms with Gasteiger partial charge in [0.1, 0.15) is 13.2 Å². The number of fused-ring (bicyclic) bond motifs is 1. The van der Waals surface area contributed by atoms with Crippen molar-refractivity contribution in [3.8, 4) is 11.5 Å². The predicted molar refractivity (Wildman–Crippen MR) is 97.2 cm³/mol. The standard InChI is InChI=1S/C19H29N3O3/c1-13(2)18(14-6-7-16-17(11-14)25-10-9-24-16)21-19(23)20-15-5-4-8-22(3)12-15/h6-7,11,13,15,18H,4-5,8-10,12H2,1-3H3,(H2,20,21,23). The highest BCUT2D eigenvalue weighted by atomic mass is 16.6. The van der Waals surface area contributed by atoms with Crippen LogP contribution in [-0.4, -0.2) is 50.3 Å². The van der Waals surface area contributed by atoms with Crippen LogP contribution in [0.5, 0.6) is 11.5 Å². The van der Waals surface area contributed by atoms with Crippen molar-refractivity contribution in [2.75, 3.05) is 33.4 Å². The van der Waals surface area contributed by atoms with Crippen molar-refractivity contribution >= 4 is 6.03 Å². The van der Waals surface area contributed by atoms with E-state index in [9.17, 15) is 4.79 Å². The van der Waals surface area contributed by atoms with Gasteiger partial charge < -0.3 is 25.0 Å². The van der Waals surface area contributed by atoms with E-state index >= 15 is 0 Å². The minimum atomic E-state index is -0.103. The van der Waals surface area contributed by atoms with E-state index in [0.29, 0.717) is 13.2 Å². The number of benzene rings is 1. The van der Waals surface area contributed by atoms with Gasteiger partial charge in [-0.2, -0.15) is 0 Å². The van der Waals surface area contributed by atoms with Gasteiger partial charge in [0.05, 0.1) is 6.04 Å². The third kappa shape index (κ3) is 4.57. The van der Waals surface area contributed by atoms with Crippen molar-refractivity contribution in [3.05, 3.63) is 23.8 Å². The number of nitrogens with one attached hydrogen (secondary N) is 2. The van der Waals surface area contributed by atoms with Crippen LogP contribution in [0.15, 0.2) is 18.2 Å². The van der Waals surface area contributed by atoms with Gasteiger partial charge in [0.2, 0.25) is 0 Å². The Kier molecular flexibility index (Phi) is 5.68. The van der Waals surface area contributed by atoms with Crippen LogP contribution in [0.25, 0.3) is 0 Å². The molecule has 6 nitrogen and oxygen atoms in total. The van der Waals surface area contributed by atoms with Crippen LogP contribution < -0.4 is 20.1 Å². The number of likely N-dealkylation sites (N-methyl/N-ethyl adjacent to an activating group) is 1. The van der Waals surface area contributed by atoms with E-state index in [1.807, 2.05) is 18.2 Å². The molecule has 138 valence electrons. The third-order valence-electron chi connectivity index (χ3n) is 4.84. The first kappa shape index (κ1) is 17.9. The van der Waals surface area contributed by atoms with E-state index in [1.54, 1.807) is 0 Å². The van der Waals surface area contributed by atoms with Crippen LogP contribution in [0.2, 0.25) is 0 Å². The molecule has 1 aromatic rings. The zero-order valence-corrected chi connectivity index (χ0v) is 15.4. The molecule has 25 heavy (non-hydrogen) atoms. The molecule has 2 heterocycles. The van der Waals surface area contributed by atoms with Gasteiger partial charge in [-0.05, 0) is 50.0 Å². The minimum Gasteiger partial charge on any atom is -0.486 e. The van der Waals surface area contributed by atoms with E-state index < -0.39 is 0 Å². The molecule has 2 amide bonds. The zero-order valence-electron chi connectivity index (χ0n) is 15.4. The number of carbonyl (C=O) groups excluding carboxylic acids is 1. The van der Waals surface area contributed by atoms with E-state index in [1.165, 1.54) is 0 Å². The largest absolute Gasteiger partial charge is 0.486 e. The number of piperidine rings is 1. The smallest absolute Gasteiger partial charge is 0.315 e. The highest BCUT2D eigenvalue weighted by Crippen LogP contribution is 2.34. The maximum Gasteiger partial charge on any atom is 0.315 e. The second-order valence-corrected chi connectivity index (χ2v) is 7.34. The van der Waals surface area contributed by atoms with E-state index in [4.69, 9.17) is 9.47 Å². The van der Waals surface area contributed by atoms with Gasteiger partial charge in [0.15, 0.2) is 11.5 Å². The summed E-state index contributed by atoms with van der Waals surface area (Å²) < 4.78 is 11.3. The summed E-state index contributed by atoms with van der Waals surface area (Å²) in [7, 11) is 2.10. The van der Waals surface area contributed by atoms with Crippen LogP contribution in [0.1, 0.15) is 38.3 Å². The van der Waals surface area contributed by atoms with Crippen molar-refractivity contribution in [2.45, 2.75) is 38.8 Å². The van der Waals surface area contributed by atoms with Crippen LogP contribution >= 0.6 is 0 Å². The molecular formula is C19H29N3O3. The Morgan fingerprint density at radius 3 is 2.72 bits per heavy atom. The average Bonchev–Trinajstić information content (AvgIpc) is 2.59. The summed E-state index contributed by atoms with van der Waals surface area (Å²) in [6.07, 6.45) is 2.16. The van der Waals surface area contributed by atoms with Crippen LogP contribution in [-0.2, 0) is 0 Å². The number of hydrogen-bond acceptors (Lipinski definition) is 4. The Morgan fingerprint density at radius 2 is 2.00 bits per heavy atom. The fourth-order valence-corrected chi connectivity index (χ4v) is 3.54. The van der Waals surface area contributed by atoms with Crippen molar-refractivity contribution in [3.63, 3.8) is 0 Å². The number of ether oxygens (including phenoxy) is 2.